The molecule has 1 saturated heterocycles. The van der Waals surface area contributed by atoms with Gasteiger partial charge in [-0.15, -0.1) is 0 Å². The van der Waals surface area contributed by atoms with Gasteiger partial charge in [0.2, 0.25) is 5.91 Å². The molecule has 3 N–H and O–H groups in total. The van der Waals surface area contributed by atoms with E-state index in [1.54, 1.807) is 6.08 Å². The molecule has 0 aliphatic carbocycles. The molecule has 1 unspecified atom stereocenters. The summed E-state index contributed by atoms with van der Waals surface area (Å²) >= 11 is 0.876. The Balaban J connectivity index is 1.56. The zero-order valence-corrected chi connectivity index (χ0v) is 20.8. The summed E-state index contributed by atoms with van der Waals surface area (Å²) in [4.78, 5) is 50.1. The fourth-order valence-electron chi connectivity index (χ4n) is 3.36. The third kappa shape index (κ3) is 7.03. The van der Waals surface area contributed by atoms with Gasteiger partial charge in [-0.05, 0) is 60.0 Å². The van der Waals surface area contributed by atoms with E-state index in [1.165, 1.54) is 30.0 Å². The van der Waals surface area contributed by atoms with Crippen molar-refractivity contribution in [3.8, 4) is 0 Å². The van der Waals surface area contributed by atoms with Crippen molar-refractivity contribution in [2.75, 3.05) is 22.8 Å². The van der Waals surface area contributed by atoms with E-state index in [2.05, 4.69) is 17.0 Å². The van der Waals surface area contributed by atoms with Gasteiger partial charge in [-0.1, -0.05) is 31.2 Å². The molecule has 1 atom stereocenters. The first-order chi connectivity index (χ1) is 16.7. The second kappa shape index (κ2) is 11.8. The van der Waals surface area contributed by atoms with Crippen molar-refractivity contribution in [3.63, 3.8) is 0 Å². The van der Waals surface area contributed by atoms with Crippen LogP contribution in [0.2, 0.25) is 0 Å². The Morgan fingerprint density at radius 2 is 1.86 bits per heavy atom. The Kier molecular flexibility index (Phi) is 8.83. The number of nitrogens with zero attached hydrogens (tertiary/aromatic N) is 1. The van der Waals surface area contributed by atoms with Crippen LogP contribution in [0.15, 0.2) is 47.4 Å². The molecule has 1 heterocycles. The molecule has 0 aromatic heterocycles. The first-order valence-electron chi connectivity index (χ1n) is 10.8. The standard InChI is InChI=1S/C24H25N3O6S2/c1-3-15-6-8-16(9-7-15)13-20-22(29)27(24(32)34-20)12-4-5-21(28)25-17-10-11-18(23(30)31)19(14-17)26-35(2)33/h6-11,13-14,26H,3-5,12H2,1-2H3,(H,25,28)(H,30,31)/b20-13-. The lowest BCUT2D eigenvalue weighted by Crippen LogP contribution is -2.29. The highest BCUT2D eigenvalue weighted by atomic mass is 32.2. The molecule has 35 heavy (non-hydrogen) atoms. The van der Waals surface area contributed by atoms with E-state index < -0.39 is 17.0 Å². The number of thioether (sulfide) groups is 1. The molecule has 3 rings (SSSR count). The number of benzene rings is 2. The van der Waals surface area contributed by atoms with Crippen LogP contribution in [0.1, 0.15) is 41.3 Å². The van der Waals surface area contributed by atoms with Gasteiger partial charge in [-0.3, -0.25) is 19.3 Å². The molecule has 2 aromatic carbocycles. The summed E-state index contributed by atoms with van der Waals surface area (Å²) in [5.41, 5.74) is 2.38. The lowest BCUT2D eigenvalue weighted by Gasteiger charge is -2.13. The number of aromatic carboxylic acids is 1. The number of nitrogens with one attached hydrogen (secondary N) is 2. The van der Waals surface area contributed by atoms with E-state index in [1.807, 2.05) is 24.3 Å². The van der Waals surface area contributed by atoms with Crippen LogP contribution in [0.25, 0.3) is 6.08 Å². The molecule has 3 amide bonds. The SMILES string of the molecule is CCc1ccc(/C=C2\SC(=O)N(CCCC(=O)Nc3ccc(C(=O)O)c(NS(C)=O)c3)C2=O)cc1. The normalized spacial score (nSPS) is 15.4. The van der Waals surface area contributed by atoms with Gasteiger partial charge < -0.3 is 15.1 Å². The lowest BCUT2D eigenvalue weighted by atomic mass is 10.1. The van der Waals surface area contributed by atoms with Gasteiger partial charge in [0, 0.05) is 24.9 Å². The third-order valence-electron chi connectivity index (χ3n) is 5.13. The van der Waals surface area contributed by atoms with Gasteiger partial charge >= 0.3 is 5.97 Å². The molecular formula is C24H25N3O6S2. The van der Waals surface area contributed by atoms with Gasteiger partial charge in [0.15, 0.2) is 0 Å². The van der Waals surface area contributed by atoms with Gasteiger partial charge in [0.1, 0.15) is 11.0 Å². The smallest absolute Gasteiger partial charge is 0.337 e. The average molecular weight is 516 g/mol. The molecule has 9 nitrogen and oxygen atoms in total. The summed E-state index contributed by atoms with van der Waals surface area (Å²) in [6, 6.07) is 11.9. The van der Waals surface area contributed by atoms with Gasteiger partial charge in [0.25, 0.3) is 11.1 Å². The lowest BCUT2D eigenvalue weighted by molar-refractivity contribution is -0.123. The minimum atomic E-state index is -1.50. The number of aryl methyl sites for hydroxylation is 1. The van der Waals surface area contributed by atoms with Crippen molar-refractivity contribution in [2.45, 2.75) is 26.2 Å². The quantitative estimate of drug-likeness (QED) is 0.406. The second-order valence-electron chi connectivity index (χ2n) is 7.70. The van der Waals surface area contributed by atoms with Gasteiger partial charge in [0.05, 0.1) is 16.2 Å². The molecule has 1 aliphatic heterocycles. The van der Waals surface area contributed by atoms with Crippen LogP contribution in [-0.4, -0.2) is 50.0 Å². The molecule has 184 valence electrons. The van der Waals surface area contributed by atoms with E-state index in [0.29, 0.717) is 10.6 Å². The number of carbonyl (C=O) groups is 4. The first kappa shape index (κ1) is 26.2. The Morgan fingerprint density at radius 3 is 2.49 bits per heavy atom. The predicted octanol–water partition coefficient (Wildman–Crippen LogP) is 4.11. The maximum absolute atomic E-state index is 12.7. The van der Waals surface area contributed by atoms with Crippen LogP contribution >= 0.6 is 11.8 Å². The number of carboxylic acid groups (broad SMARTS) is 1. The summed E-state index contributed by atoms with van der Waals surface area (Å²) in [6.45, 7) is 2.16. The molecule has 0 radical (unpaired) electrons. The summed E-state index contributed by atoms with van der Waals surface area (Å²) in [7, 11) is -1.50. The number of hydrogen-bond acceptors (Lipinski definition) is 6. The Morgan fingerprint density at radius 1 is 1.14 bits per heavy atom. The Hall–Kier alpha value is -3.44. The molecular weight excluding hydrogens is 490 g/mol. The van der Waals surface area contributed by atoms with E-state index in [-0.39, 0.29) is 47.7 Å². The predicted molar refractivity (Wildman–Crippen MR) is 137 cm³/mol. The summed E-state index contributed by atoms with van der Waals surface area (Å²) < 4.78 is 14.0. The van der Waals surface area contributed by atoms with Crippen LogP contribution in [-0.2, 0) is 27.0 Å². The van der Waals surface area contributed by atoms with Crippen LogP contribution in [0.5, 0.6) is 0 Å². The monoisotopic (exact) mass is 515 g/mol. The number of carbonyl (C=O) groups excluding carboxylic acids is 3. The molecule has 1 aliphatic rings. The van der Waals surface area contributed by atoms with Crippen LogP contribution < -0.4 is 10.0 Å². The maximum Gasteiger partial charge on any atom is 0.337 e. The largest absolute Gasteiger partial charge is 0.478 e. The highest BCUT2D eigenvalue weighted by Gasteiger charge is 2.34. The minimum Gasteiger partial charge on any atom is -0.478 e. The maximum atomic E-state index is 12.7. The van der Waals surface area contributed by atoms with Crippen LogP contribution in [0.4, 0.5) is 16.2 Å². The number of imide groups is 1. The van der Waals surface area contributed by atoms with Crippen molar-refractivity contribution in [1.29, 1.82) is 0 Å². The minimum absolute atomic E-state index is 0.0441. The summed E-state index contributed by atoms with van der Waals surface area (Å²) in [5, 5.41) is 11.5. The van der Waals surface area contributed by atoms with E-state index in [9.17, 15) is 28.5 Å². The van der Waals surface area contributed by atoms with Crippen molar-refractivity contribution in [3.05, 3.63) is 64.1 Å². The van der Waals surface area contributed by atoms with Gasteiger partial charge in [-0.25, -0.2) is 9.00 Å². The molecule has 0 spiro atoms. The molecule has 0 bridgehead atoms. The second-order valence-corrected chi connectivity index (χ2v) is 9.81. The first-order valence-corrected chi connectivity index (χ1v) is 13.2. The zero-order valence-electron chi connectivity index (χ0n) is 19.2. The number of anilines is 2. The zero-order chi connectivity index (χ0) is 25.5. The highest BCUT2D eigenvalue weighted by molar-refractivity contribution is 8.18. The fourth-order valence-corrected chi connectivity index (χ4v) is 4.71. The molecule has 1 fully saturated rings. The van der Waals surface area contributed by atoms with Crippen molar-refractivity contribution < 1.29 is 28.5 Å². The van der Waals surface area contributed by atoms with Crippen molar-refractivity contribution in [2.24, 2.45) is 0 Å². The number of rotatable bonds is 10. The topological polar surface area (TPSA) is 133 Å². The number of amides is 3. The Labute approximate surface area is 209 Å². The summed E-state index contributed by atoms with van der Waals surface area (Å²) in [6.07, 6.45) is 4.27. The molecule has 2 aromatic rings. The number of carboxylic acids is 1. The van der Waals surface area contributed by atoms with Crippen molar-refractivity contribution >= 4 is 63.2 Å². The average Bonchev–Trinajstić information content (AvgIpc) is 3.06. The Bertz CT molecular complexity index is 1210. The van der Waals surface area contributed by atoms with Crippen LogP contribution in [0.3, 0.4) is 0 Å². The van der Waals surface area contributed by atoms with Crippen molar-refractivity contribution in [1.82, 2.24) is 4.90 Å². The van der Waals surface area contributed by atoms with E-state index in [4.69, 9.17) is 0 Å². The number of hydrogen-bond donors (Lipinski definition) is 3. The molecule has 11 heteroatoms. The fraction of sp³-hybridized carbons (Fsp3) is 0.250. The van der Waals surface area contributed by atoms with Crippen LogP contribution in [0, 0.1) is 0 Å². The highest BCUT2D eigenvalue weighted by Crippen LogP contribution is 2.32. The van der Waals surface area contributed by atoms with E-state index >= 15 is 0 Å². The van der Waals surface area contributed by atoms with Gasteiger partial charge in [-0.2, -0.15) is 0 Å². The third-order valence-corrected chi connectivity index (χ3v) is 6.55. The molecule has 0 saturated carbocycles. The van der Waals surface area contributed by atoms with E-state index in [0.717, 1.165) is 28.6 Å². The summed E-state index contributed by atoms with van der Waals surface area (Å²) in [5.74, 6) is -1.94.